The van der Waals surface area contributed by atoms with E-state index >= 15 is 0 Å². The fourth-order valence-electron chi connectivity index (χ4n) is 2.32. The van der Waals surface area contributed by atoms with Gasteiger partial charge in [-0.15, -0.1) is 0 Å². The van der Waals surface area contributed by atoms with Crippen molar-refractivity contribution in [1.29, 1.82) is 0 Å². The van der Waals surface area contributed by atoms with Gasteiger partial charge in [-0.3, -0.25) is 4.79 Å². The van der Waals surface area contributed by atoms with Crippen molar-refractivity contribution in [2.45, 2.75) is 31.4 Å². The van der Waals surface area contributed by atoms with Crippen LogP contribution >= 0.6 is 11.8 Å². The summed E-state index contributed by atoms with van der Waals surface area (Å²) in [5, 5.41) is 12.5. The third kappa shape index (κ3) is 4.77. The predicted octanol–water partition coefficient (Wildman–Crippen LogP) is 1.57. The average Bonchev–Trinajstić information content (AvgIpc) is 3.12. The monoisotopic (exact) mass is 336 g/mol. The molecule has 1 aromatic heterocycles. The Labute approximate surface area is 141 Å². The number of furan rings is 1. The molecule has 0 bridgehead atoms. The molecule has 23 heavy (non-hydrogen) atoms. The van der Waals surface area contributed by atoms with Crippen LogP contribution in [0, 0.1) is 11.8 Å². The van der Waals surface area contributed by atoms with E-state index in [2.05, 4.69) is 36.2 Å². The largest absolute Gasteiger partial charge is 0.443 e. The molecular weight excluding hydrogens is 312 g/mol. The lowest BCUT2D eigenvalue weighted by Crippen LogP contribution is -2.52. The van der Waals surface area contributed by atoms with Crippen molar-refractivity contribution in [3.05, 3.63) is 23.7 Å². The van der Waals surface area contributed by atoms with Crippen LogP contribution in [0.2, 0.25) is 0 Å². The van der Waals surface area contributed by atoms with Crippen molar-refractivity contribution in [1.82, 2.24) is 10.2 Å². The molecule has 0 unspecified atom stereocenters. The van der Waals surface area contributed by atoms with Gasteiger partial charge in [-0.05, 0) is 58.2 Å². The summed E-state index contributed by atoms with van der Waals surface area (Å²) in [6.07, 6.45) is 1.06. The summed E-state index contributed by atoms with van der Waals surface area (Å²) in [6, 6.07) is 3.25. The third-order valence-corrected chi connectivity index (χ3v) is 5.16. The zero-order chi connectivity index (χ0) is 17.1. The average molecular weight is 336 g/mol. The van der Waals surface area contributed by atoms with Crippen LogP contribution in [0.5, 0.6) is 0 Å². The van der Waals surface area contributed by atoms with Gasteiger partial charge < -0.3 is 19.7 Å². The first-order chi connectivity index (χ1) is 10.7. The molecule has 6 heteroatoms. The van der Waals surface area contributed by atoms with Crippen LogP contribution in [0.1, 0.15) is 36.6 Å². The third-order valence-electron chi connectivity index (χ3n) is 3.93. The molecule has 126 valence electrons. The minimum Gasteiger partial charge on any atom is -0.443 e. The van der Waals surface area contributed by atoms with E-state index in [9.17, 15) is 9.90 Å². The molecule has 2 N–H and O–H groups in total. The molecule has 0 aliphatic carbocycles. The van der Waals surface area contributed by atoms with Gasteiger partial charge in [-0.25, -0.2) is 0 Å². The maximum Gasteiger partial charge on any atom is 0.287 e. The summed E-state index contributed by atoms with van der Waals surface area (Å²) in [4.78, 5) is 14.4. The molecule has 1 amide bonds. The molecule has 0 saturated carbocycles. The maximum atomic E-state index is 12.3. The highest BCUT2D eigenvalue weighted by molar-refractivity contribution is 7.99. The van der Waals surface area contributed by atoms with Gasteiger partial charge >= 0.3 is 0 Å². The van der Waals surface area contributed by atoms with Gasteiger partial charge in [0.25, 0.3) is 5.91 Å². The molecular formula is C17H24N2O3S. The second kappa shape index (κ2) is 7.00. The minimum atomic E-state index is -1.09. The van der Waals surface area contributed by atoms with E-state index in [1.807, 2.05) is 11.8 Å². The van der Waals surface area contributed by atoms with Gasteiger partial charge in [0.05, 0.1) is 0 Å². The fourth-order valence-corrected chi connectivity index (χ4v) is 3.87. The number of nitrogens with zero attached hydrogens (tertiary/aromatic N) is 1. The molecule has 5 nitrogen and oxygen atoms in total. The highest BCUT2D eigenvalue weighted by Crippen LogP contribution is 2.31. The quantitative estimate of drug-likeness (QED) is 0.817. The van der Waals surface area contributed by atoms with Crippen LogP contribution in [-0.4, -0.2) is 59.2 Å². The van der Waals surface area contributed by atoms with E-state index in [4.69, 9.17) is 4.42 Å². The summed E-state index contributed by atoms with van der Waals surface area (Å²) in [5.41, 5.74) is -1.08. The number of carbonyl (C=O) groups excluding carboxylic acids is 1. The van der Waals surface area contributed by atoms with Crippen LogP contribution in [0.25, 0.3) is 0 Å². The molecule has 2 heterocycles. The molecule has 1 aliphatic rings. The lowest BCUT2D eigenvalue weighted by atomic mass is 9.97. The van der Waals surface area contributed by atoms with Gasteiger partial charge in [-0.1, -0.05) is 5.92 Å². The van der Waals surface area contributed by atoms with E-state index in [0.29, 0.717) is 12.3 Å². The lowest BCUT2D eigenvalue weighted by Gasteiger charge is -2.35. The normalized spacial score (nSPS) is 21.1. The smallest absolute Gasteiger partial charge is 0.287 e. The van der Waals surface area contributed by atoms with Crippen LogP contribution in [0.15, 0.2) is 16.5 Å². The molecule has 0 radical (unpaired) electrons. The van der Waals surface area contributed by atoms with Gasteiger partial charge in [0, 0.05) is 17.8 Å². The van der Waals surface area contributed by atoms with Crippen LogP contribution in [-0.2, 0) is 0 Å². The SMILES string of the molecule is CN(C)[C@@]1(CNC(=O)c2ccc(C#CC(C)(C)O)o2)CCSC1. The second-order valence-electron chi connectivity index (χ2n) is 6.58. The van der Waals surface area contributed by atoms with Crippen molar-refractivity contribution in [3.63, 3.8) is 0 Å². The Kier molecular flexibility index (Phi) is 5.45. The number of hydrogen-bond donors (Lipinski definition) is 2. The molecule has 0 spiro atoms. The summed E-state index contributed by atoms with van der Waals surface area (Å²) < 4.78 is 5.43. The van der Waals surface area contributed by atoms with E-state index < -0.39 is 5.60 Å². The standard InChI is InChI=1S/C17H24N2O3S/c1-16(2,21)8-7-13-5-6-14(22-13)15(20)18-11-17(19(3)4)9-10-23-12-17/h5-6,21H,9-12H2,1-4H3,(H,18,20)/t17-/m1/s1. The number of carbonyl (C=O) groups is 1. The summed E-state index contributed by atoms with van der Waals surface area (Å²) in [6.45, 7) is 3.78. The second-order valence-corrected chi connectivity index (χ2v) is 7.68. The van der Waals surface area contributed by atoms with Gasteiger partial charge in [0.1, 0.15) is 5.60 Å². The Morgan fingerprint density at radius 2 is 2.26 bits per heavy atom. The van der Waals surface area contributed by atoms with Gasteiger partial charge in [0.2, 0.25) is 0 Å². The Balaban J connectivity index is 1.98. The molecule has 1 fully saturated rings. The summed E-state index contributed by atoms with van der Waals surface area (Å²) >= 11 is 1.91. The zero-order valence-electron chi connectivity index (χ0n) is 14.1. The Bertz CT molecular complexity index is 614. The Morgan fingerprint density at radius 1 is 1.52 bits per heavy atom. The van der Waals surface area contributed by atoms with Crippen LogP contribution < -0.4 is 5.32 Å². The first-order valence-corrected chi connectivity index (χ1v) is 8.76. The van der Waals surface area contributed by atoms with E-state index in [-0.39, 0.29) is 17.2 Å². The van der Waals surface area contributed by atoms with Crippen LogP contribution in [0.3, 0.4) is 0 Å². The van der Waals surface area contributed by atoms with Crippen molar-refractivity contribution in [2.75, 3.05) is 32.1 Å². The zero-order valence-corrected chi connectivity index (χ0v) is 14.9. The topological polar surface area (TPSA) is 65.7 Å². The number of nitrogens with one attached hydrogen (secondary N) is 1. The maximum absolute atomic E-state index is 12.3. The first-order valence-electron chi connectivity index (χ1n) is 7.61. The molecule has 1 saturated heterocycles. The van der Waals surface area contributed by atoms with E-state index in [1.165, 1.54) is 0 Å². The molecule has 1 atom stereocenters. The number of amides is 1. The van der Waals surface area contributed by atoms with Crippen LogP contribution in [0.4, 0.5) is 0 Å². The molecule has 0 aromatic carbocycles. The van der Waals surface area contributed by atoms with Crippen molar-refractivity contribution in [2.24, 2.45) is 0 Å². The van der Waals surface area contributed by atoms with E-state index in [1.54, 1.807) is 26.0 Å². The Hall–Kier alpha value is -1.42. The molecule has 2 rings (SSSR count). The van der Waals surface area contributed by atoms with Crippen molar-refractivity contribution in [3.8, 4) is 11.8 Å². The summed E-state index contributed by atoms with van der Waals surface area (Å²) in [7, 11) is 4.10. The van der Waals surface area contributed by atoms with E-state index in [0.717, 1.165) is 17.9 Å². The highest BCUT2D eigenvalue weighted by atomic mass is 32.2. The highest BCUT2D eigenvalue weighted by Gasteiger charge is 2.37. The fraction of sp³-hybridized carbons (Fsp3) is 0.588. The molecule has 1 aliphatic heterocycles. The molecule has 1 aromatic rings. The number of rotatable bonds is 4. The van der Waals surface area contributed by atoms with Gasteiger partial charge in [0.15, 0.2) is 11.5 Å². The van der Waals surface area contributed by atoms with Gasteiger partial charge in [-0.2, -0.15) is 11.8 Å². The lowest BCUT2D eigenvalue weighted by molar-refractivity contribution is 0.0886. The van der Waals surface area contributed by atoms with Crippen molar-refractivity contribution < 1.29 is 14.3 Å². The number of thioether (sulfide) groups is 1. The minimum absolute atomic E-state index is 0.0104. The number of hydrogen-bond acceptors (Lipinski definition) is 5. The first kappa shape index (κ1) is 17.9. The Morgan fingerprint density at radius 3 is 2.83 bits per heavy atom. The summed E-state index contributed by atoms with van der Waals surface area (Å²) in [5.74, 6) is 7.89. The van der Waals surface area contributed by atoms with Crippen molar-refractivity contribution >= 4 is 17.7 Å². The predicted molar refractivity (Wildman–Crippen MR) is 92.6 cm³/mol. The number of likely N-dealkylation sites (N-methyl/N-ethyl adjacent to an activating group) is 1. The number of aliphatic hydroxyl groups is 1.